The van der Waals surface area contributed by atoms with Crippen molar-refractivity contribution < 1.29 is 78.3 Å². The van der Waals surface area contributed by atoms with E-state index in [9.17, 15) is 49.8 Å². The Kier molecular flexibility index (Phi) is 23.7. The third kappa shape index (κ3) is 16.7. The monoisotopic (exact) mass is 1160 g/mol. The van der Waals surface area contributed by atoms with Crippen molar-refractivity contribution >= 4 is 34.5 Å². The van der Waals surface area contributed by atoms with Crippen LogP contribution < -0.4 is 15.8 Å². The molecule has 1 aromatic carbocycles. The molecule has 0 bridgehead atoms. The third-order valence-corrected chi connectivity index (χ3v) is 17.2. The van der Waals surface area contributed by atoms with Crippen LogP contribution in [0.25, 0.3) is 10.9 Å². The average molecular weight is 1160 g/mol. The molecule has 0 amide bonds. The average Bonchev–Trinajstić information content (AvgIpc) is 3.45. The van der Waals surface area contributed by atoms with Gasteiger partial charge in [0.05, 0.1) is 66.3 Å². The number of aromatic carboxylic acids is 1. The second-order valence-corrected chi connectivity index (χ2v) is 24.6. The number of carboxylic acids is 1. The van der Waals surface area contributed by atoms with Gasteiger partial charge in [-0.15, -0.1) is 0 Å². The minimum Gasteiger partial charge on any atom is -0.477 e. The van der Waals surface area contributed by atoms with Crippen LogP contribution in [-0.4, -0.2) is 222 Å². The van der Waals surface area contributed by atoms with Crippen LogP contribution >= 0.6 is 0 Å². The molecule has 2 aromatic rings. The Labute approximate surface area is 483 Å². The van der Waals surface area contributed by atoms with Crippen molar-refractivity contribution in [2.45, 2.75) is 192 Å². The van der Waals surface area contributed by atoms with E-state index >= 15 is 0 Å². The molecule has 1 aromatic heterocycles. The lowest BCUT2D eigenvalue weighted by Crippen LogP contribution is -2.59. The smallest absolute Gasteiger partial charge is 0.341 e. The van der Waals surface area contributed by atoms with Gasteiger partial charge in [-0.3, -0.25) is 24.0 Å². The van der Waals surface area contributed by atoms with Crippen molar-refractivity contribution in [3.63, 3.8) is 0 Å². The maximum absolute atomic E-state index is 14.2. The Hall–Kier alpha value is -4.37. The first-order valence-corrected chi connectivity index (χ1v) is 29.4. The van der Waals surface area contributed by atoms with Gasteiger partial charge in [0, 0.05) is 82.1 Å². The van der Waals surface area contributed by atoms with E-state index in [0.29, 0.717) is 81.6 Å². The number of esters is 2. The number of nitrogens with zero attached hydrogens (tertiary/aromatic N) is 5. The van der Waals surface area contributed by atoms with Crippen molar-refractivity contribution in [1.29, 1.82) is 0 Å². The van der Waals surface area contributed by atoms with Gasteiger partial charge < -0.3 is 79.1 Å². The number of pyridine rings is 1. The number of cyclic esters (lactones) is 1. The number of likely N-dealkylation sites (N-methyl/N-ethyl adjacent to an activating group) is 1. The molecule has 18 atom stereocenters. The topological polar surface area (TPSA) is 293 Å². The molecule has 4 fully saturated rings. The van der Waals surface area contributed by atoms with E-state index in [1.54, 1.807) is 57.5 Å². The Bertz CT molecular complexity index is 2510. The highest BCUT2D eigenvalue weighted by molar-refractivity contribution is 5.93. The van der Waals surface area contributed by atoms with Gasteiger partial charge in [0.25, 0.3) is 0 Å². The van der Waals surface area contributed by atoms with Crippen LogP contribution in [-0.2, 0) is 49.3 Å². The highest BCUT2D eigenvalue weighted by Crippen LogP contribution is 2.38. The summed E-state index contributed by atoms with van der Waals surface area (Å²) in [5.74, 6) is -5.15. The van der Waals surface area contributed by atoms with Crippen molar-refractivity contribution in [2.75, 3.05) is 79.1 Å². The van der Waals surface area contributed by atoms with Crippen LogP contribution in [0.15, 0.2) is 34.3 Å². The molecule has 0 saturated carbocycles. The zero-order valence-corrected chi connectivity index (χ0v) is 50.6. The van der Waals surface area contributed by atoms with Crippen LogP contribution in [0.3, 0.4) is 0 Å². The summed E-state index contributed by atoms with van der Waals surface area (Å²) in [7, 11) is 7.22. The van der Waals surface area contributed by atoms with Crippen molar-refractivity contribution in [3.8, 4) is 0 Å². The molecular formula is C59H96N6O17. The Morgan fingerprint density at radius 2 is 1.63 bits per heavy atom. The van der Waals surface area contributed by atoms with Crippen LogP contribution in [0.5, 0.6) is 0 Å². The Balaban J connectivity index is 1.04. The molecule has 23 heteroatoms. The van der Waals surface area contributed by atoms with Gasteiger partial charge in [-0.1, -0.05) is 45.8 Å². The molecule has 0 aliphatic carbocycles. The summed E-state index contributed by atoms with van der Waals surface area (Å²) in [5, 5.41) is 76.8. The number of aliphatic hydroxyl groups excluding tert-OH is 3. The van der Waals surface area contributed by atoms with E-state index in [0.717, 1.165) is 5.56 Å². The summed E-state index contributed by atoms with van der Waals surface area (Å²) in [5.41, 5.74) is -2.23. The second-order valence-electron chi connectivity index (χ2n) is 24.6. The molecule has 4 aliphatic heterocycles. The fourth-order valence-corrected chi connectivity index (χ4v) is 12.7. The molecule has 4 aliphatic rings. The number of ether oxygens (including phenoxy) is 6. The van der Waals surface area contributed by atoms with Crippen LogP contribution in [0.4, 0.5) is 0 Å². The zero-order valence-electron chi connectivity index (χ0n) is 50.6. The minimum absolute atomic E-state index is 0.111. The summed E-state index contributed by atoms with van der Waals surface area (Å²) in [6, 6.07) is 5.17. The fourth-order valence-electron chi connectivity index (χ4n) is 12.7. The summed E-state index contributed by atoms with van der Waals surface area (Å²) in [6.45, 7) is 19.0. The molecule has 7 N–H and O–H groups in total. The highest BCUT2D eigenvalue weighted by Gasteiger charge is 2.49. The number of morpholine rings is 1. The van der Waals surface area contributed by atoms with Gasteiger partial charge in [0.1, 0.15) is 36.1 Å². The number of fused-ring (bicyclic) bond motifs is 1. The molecule has 5 heterocycles. The SMILES string of the molecule is CC[C@H]1OC(=O)[C@H](C)[C@@H](O[C@H]2CC(C)[C@@H](OC(=O)CCNCCCc3ccc4c(c3)c(=O)c(C(=O)O)cn4N(C)C)[C@H](C)O2)[C@H](C)C[C@](C)(O)C[C@@H](C)/C(=N\OCCN2CCOC([C@@H]3C[C@H](N(C)C)[C@@H](O)[C@H](O)O3)C2)[C@@H](C)[C@@H](O)[C@]1(C)O. The molecule has 23 nitrogen and oxygen atoms in total. The van der Waals surface area contributed by atoms with Crippen molar-refractivity contribution in [1.82, 2.24) is 19.8 Å². The number of benzene rings is 1. The summed E-state index contributed by atoms with van der Waals surface area (Å²) in [6.07, 6.45) is -4.46. The number of carboxylic acid groups (broad SMARTS) is 1. The van der Waals surface area contributed by atoms with E-state index in [4.69, 9.17) is 33.3 Å². The lowest BCUT2D eigenvalue weighted by atomic mass is 9.75. The number of aryl methyl sites for hydroxylation is 1. The summed E-state index contributed by atoms with van der Waals surface area (Å²) < 4.78 is 38.7. The standard InChI is InChI=1S/C59H96N6O17/c1-14-46-59(9,75)54(69)36(5)49(61-77-25-23-64-22-24-76-45(32-64)44-28-43(62(10)11)51(68)57(73)79-44)34(3)29-58(8,74)30-35(4)52(37(6)56(72)80-46)82-48-26-33(2)53(38(7)78-48)81-47(66)19-21-60-20-15-16-39-17-18-42-40(27-39)50(67)41(55(70)71)31-65(42)63(12)13/h17-18,27,31,33-38,43-46,48,51-54,57,60,68-69,73-75H,14-16,19-26,28-30,32H2,1-13H3,(H,70,71)/b61-49+/t33?,34-,35-,36-,37-,38+,43+,44+,45?,46-,48+,51-,52+,53-,54-,57-,58-,59-/m1/s1. The van der Waals surface area contributed by atoms with Crippen LogP contribution in [0.1, 0.15) is 123 Å². The largest absolute Gasteiger partial charge is 0.477 e. The first kappa shape index (κ1) is 66.8. The van der Waals surface area contributed by atoms with E-state index in [1.165, 1.54) is 13.1 Å². The van der Waals surface area contributed by atoms with E-state index in [1.807, 2.05) is 58.8 Å². The molecule has 464 valence electrons. The lowest BCUT2D eigenvalue weighted by molar-refractivity contribution is -0.265. The van der Waals surface area contributed by atoms with Gasteiger partial charge in [-0.2, -0.15) is 0 Å². The number of carbonyl (C=O) groups is 3. The number of hydrogen-bond acceptors (Lipinski definition) is 21. The van der Waals surface area contributed by atoms with E-state index in [2.05, 4.69) is 15.4 Å². The van der Waals surface area contributed by atoms with E-state index in [-0.39, 0.29) is 55.9 Å². The maximum Gasteiger partial charge on any atom is 0.341 e. The molecule has 2 unspecified atom stereocenters. The lowest BCUT2D eigenvalue weighted by Gasteiger charge is -2.44. The zero-order chi connectivity index (χ0) is 60.5. The maximum atomic E-state index is 14.2. The van der Waals surface area contributed by atoms with Gasteiger partial charge >= 0.3 is 17.9 Å². The first-order valence-electron chi connectivity index (χ1n) is 29.4. The molecular weight excluding hydrogens is 1060 g/mol. The number of nitrogens with one attached hydrogen (secondary N) is 1. The van der Waals surface area contributed by atoms with Crippen molar-refractivity contribution in [2.24, 2.45) is 34.7 Å². The summed E-state index contributed by atoms with van der Waals surface area (Å²) >= 11 is 0. The summed E-state index contributed by atoms with van der Waals surface area (Å²) in [4.78, 5) is 62.3. The first-order chi connectivity index (χ1) is 38.5. The van der Waals surface area contributed by atoms with Gasteiger partial charge in [-0.05, 0) is 110 Å². The second kappa shape index (κ2) is 29.1. The van der Waals surface area contributed by atoms with Crippen molar-refractivity contribution in [3.05, 3.63) is 45.7 Å². The molecule has 0 radical (unpaired) electrons. The quantitative estimate of drug-likeness (QED) is 0.0605. The van der Waals surface area contributed by atoms with Crippen LogP contribution in [0, 0.1) is 29.6 Å². The number of aromatic nitrogens is 1. The number of carbonyl (C=O) groups excluding carboxylic acids is 2. The molecule has 82 heavy (non-hydrogen) atoms. The predicted molar refractivity (Wildman–Crippen MR) is 306 cm³/mol. The number of aliphatic hydroxyl groups is 5. The predicted octanol–water partition coefficient (Wildman–Crippen LogP) is 2.87. The number of rotatable bonds is 19. The highest BCUT2D eigenvalue weighted by atomic mass is 16.7. The number of hydrogen-bond donors (Lipinski definition) is 7. The van der Waals surface area contributed by atoms with E-state index < -0.39 is 114 Å². The third-order valence-electron chi connectivity index (χ3n) is 17.2. The van der Waals surface area contributed by atoms with Gasteiger partial charge in [0.15, 0.2) is 12.6 Å². The normalized spacial score (nSPS) is 36.2. The van der Waals surface area contributed by atoms with Gasteiger partial charge in [0.2, 0.25) is 5.43 Å². The fraction of sp³-hybridized carbons (Fsp3) is 0.780. The Morgan fingerprint density at radius 3 is 2.29 bits per heavy atom. The molecule has 4 saturated heterocycles. The van der Waals surface area contributed by atoms with Crippen LogP contribution in [0.2, 0.25) is 0 Å². The molecule has 0 spiro atoms. The molecule has 6 rings (SSSR count). The Morgan fingerprint density at radius 1 is 0.915 bits per heavy atom. The number of oxime groups is 1. The minimum atomic E-state index is -1.95. The van der Waals surface area contributed by atoms with Gasteiger partial charge in [-0.25, -0.2) is 4.79 Å².